The van der Waals surface area contributed by atoms with Crippen molar-refractivity contribution in [2.75, 3.05) is 25.0 Å². The number of methoxy groups -OCH3 is 1. The molecule has 0 aliphatic carbocycles. The zero-order chi connectivity index (χ0) is 29.6. The molecule has 0 aliphatic rings. The second-order valence-corrected chi connectivity index (χ2v) is 12.5. The average molecular weight is 671 g/mol. The second-order valence-electron chi connectivity index (χ2n) is 8.95. The van der Waals surface area contributed by atoms with Crippen LogP contribution in [0.15, 0.2) is 70.0 Å². The lowest BCUT2D eigenvalue weighted by atomic mass is 10.1. The third kappa shape index (κ3) is 7.28. The number of halogens is 3. The van der Waals surface area contributed by atoms with Crippen molar-refractivity contribution in [3.05, 3.63) is 86.3 Å². The predicted molar refractivity (Wildman–Crippen MR) is 162 cm³/mol. The Balaban J connectivity index is 2.09. The lowest BCUT2D eigenvalue weighted by Gasteiger charge is -2.33. The van der Waals surface area contributed by atoms with Gasteiger partial charge < -0.3 is 15.0 Å². The number of hydrogen-bond acceptors (Lipinski definition) is 5. The fourth-order valence-electron chi connectivity index (χ4n) is 4.10. The fraction of sp³-hybridized carbons (Fsp3) is 0.286. The van der Waals surface area contributed by atoms with Crippen LogP contribution in [0.2, 0.25) is 10.0 Å². The van der Waals surface area contributed by atoms with Crippen molar-refractivity contribution in [2.45, 2.75) is 37.8 Å². The van der Waals surface area contributed by atoms with Crippen LogP contribution in [0.4, 0.5) is 5.69 Å². The molecule has 3 aromatic rings. The molecule has 0 fully saturated rings. The Morgan fingerprint density at radius 1 is 1.02 bits per heavy atom. The maximum atomic E-state index is 14.0. The number of benzene rings is 3. The van der Waals surface area contributed by atoms with Gasteiger partial charge in [-0.1, -0.05) is 53.9 Å². The zero-order valence-corrected chi connectivity index (χ0v) is 26.4. The summed E-state index contributed by atoms with van der Waals surface area (Å²) in [4.78, 5) is 28.1. The van der Waals surface area contributed by atoms with Crippen LogP contribution >= 0.6 is 39.1 Å². The van der Waals surface area contributed by atoms with Gasteiger partial charge in [-0.25, -0.2) is 8.42 Å². The largest absolute Gasteiger partial charge is 0.496 e. The standard InChI is InChI=1S/C28H30BrCl2N3O5S/c1-5-25(28(36)32-3)33(16-19-8-12-23(30)24(31)14-19)27(35)17-34(20-9-6-18(2)7-10-20)40(37,38)21-11-13-26(39-4)22(29)15-21/h6-15,25H,5,16-17H2,1-4H3,(H,32,36). The normalized spacial score (nSPS) is 12.0. The van der Waals surface area contributed by atoms with E-state index in [2.05, 4.69) is 21.2 Å². The van der Waals surface area contributed by atoms with Crippen molar-refractivity contribution < 1.29 is 22.7 Å². The molecule has 2 amide bonds. The van der Waals surface area contributed by atoms with Crippen molar-refractivity contribution in [1.82, 2.24) is 10.2 Å². The van der Waals surface area contributed by atoms with Gasteiger partial charge in [0.25, 0.3) is 10.0 Å². The summed E-state index contributed by atoms with van der Waals surface area (Å²) in [5.74, 6) is -0.487. The molecular formula is C28H30BrCl2N3O5S. The Hall–Kier alpha value is -2.79. The number of likely N-dealkylation sites (N-methyl/N-ethyl adjacent to an activating group) is 1. The topological polar surface area (TPSA) is 96.0 Å². The van der Waals surface area contributed by atoms with Gasteiger partial charge in [-0.2, -0.15) is 0 Å². The predicted octanol–water partition coefficient (Wildman–Crippen LogP) is 5.82. The molecule has 1 unspecified atom stereocenters. The Labute approximate surface area is 253 Å². The Morgan fingerprint density at radius 2 is 1.70 bits per heavy atom. The number of sulfonamides is 1. The first-order valence-corrected chi connectivity index (χ1v) is 15.3. The van der Waals surface area contributed by atoms with Gasteiger partial charge in [0, 0.05) is 13.6 Å². The van der Waals surface area contributed by atoms with Crippen molar-refractivity contribution in [1.29, 1.82) is 0 Å². The number of aryl methyl sites for hydroxylation is 1. The van der Waals surface area contributed by atoms with E-state index in [1.54, 1.807) is 49.4 Å². The third-order valence-corrected chi connectivity index (χ3v) is 9.41. The molecule has 40 heavy (non-hydrogen) atoms. The maximum absolute atomic E-state index is 14.0. The number of carbonyl (C=O) groups excluding carboxylic acids is 2. The van der Waals surface area contributed by atoms with Gasteiger partial charge in [0.05, 0.1) is 32.2 Å². The van der Waals surface area contributed by atoms with Crippen LogP contribution in [0, 0.1) is 6.92 Å². The summed E-state index contributed by atoms with van der Waals surface area (Å²) in [6.07, 6.45) is 0.301. The molecule has 0 saturated carbocycles. The van der Waals surface area contributed by atoms with Crippen LogP contribution < -0.4 is 14.4 Å². The van der Waals surface area contributed by atoms with Crippen LogP contribution in [0.25, 0.3) is 0 Å². The second kappa shape index (κ2) is 13.7. The minimum atomic E-state index is -4.23. The number of hydrogen-bond donors (Lipinski definition) is 1. The first-order valence-electron chi connectivity index (χ1n) is 12.3. The summed E-state index contributed by atoms with van der Waals surface area (Å²) in [5.41, 5.74) is 1.86. The molecule has 0 heterocycles. The quantitative estimate of drug-likeness (QED) is 0.277. The van der Waals surface area contributed by atoms with E-state index in [-0.39, 0.29) is 17.3 Å². The van der Waals surface area contributed by atoms with Crippen LogP contribution in [0.5, 0.6) is 5.75 Å². The number of ether oxygens (including phenoxy) is 1. The van der Waals surface area contributed by atoms with E-state index in [1.807, 2.05) is 6.92 Å². The highest BCUT2D eigenvalue weighted by Crippen LogP contribution is 2.31. The molecular weight excluding hydrogens is 641 g/mol. The molecule has 12 heteroatoms. The van der Waals surface area contributed by atoms with Gasteiger partial charge in [0.15, 0.2) is 0 Å². The zero-order valence-electron chi connectivity index (χ0n) is 22.4. The van der Waals surface area contributed by atoms with E-state index in [0.717, 1.165) is 9.87 Å². The van der Waals surface area contributed by atoms with Gasteiger partial charge in [0.1, 0.15) is 18.3 Å². The van der Waals surface area contributed by atoms with E-state index >= 15 is 0 Å². The lowest BCUT2D eigenvalue weighted by molar-refractivity contribution is -0.140. The highest BCUT2D eigenvalue weighted by Gasteiger charge is 2.33. The highest BCUT2D eigenvalue weighted by atomic mass is 79.9. The summed E-state index contributed by atoms with van der Waals surface area (Å²) in [6, 6.07) is 15.2. The lowest BCUT2D eigenvalue weighted by Crippen LogP contribution is -2.51. The van der Waals surface area contributed by atoms with Gasteiger partial charge >= 0.3 is 0 Å². The maximum Gasteiger partial charge on any atom is 0.264 e. The molecule has 0 saturated heterocycles. The van der Waals surface area contributed by atoms with E-state index in [0.29, 0.717) is 37.9 Å². The van der Waals surface area contributed by atoms with Gasteiger partial charge in [-0.05, 0) is 77.3 Å². The molecule has 1 N–H and O–H groups in total. The molecule has 3 rings (SSSR count). The van der Waals surface area contributed by atoms with E-state index < -0.39 is 28.5 Å². The molecule has 3 aromatic carbocycles. The number of carbonyl (C=O) groups is 2. The SMILES string of the molecule is CCC(C(=O)NC)N(Cc1ccc(Cl)c(Cl)c1)C(=O)CN(c1ccc(C)cc1)S(=O)(=O)c1ccc(OC)c(Br)c1. The molecule has 1 atom stereocenters. The van der Waals surface area contributed by atoms with Crippen LogP contribution in [0.3, 0.4) is 0 Å². The number of amides is 2. The molecule has 0 aromatic heterocycles. The van der Waals surface area contributed by atoms with Crippen molar-refractivity contribution in [3.8, 4) is 5.75 Å². The summed E-state index contributed by atoms with van der Waals surface area (Å²) < 4.78 is 34.7. The summed E-state index contributed by atoms with van der Waals surface area (Å²) in [5, 5.41) is 3.24. The smallest absolute Gasteiger partial charge is 0.264 e. The molecule has 0 spiro atoms. The van der Waals surface area contributed by atoms with Gasteiger partial charge in [-0.15, -0.1) is 0 Å². The third-order valence-electron chi connectivity index (χ3n) is 6.28. The first kappa shape index (κ1) is 31.7. The first-order chi connectivity index (χ1) is 18.9. The van der Waals surface area contributed by atoms with E-state index in [1.165, 1.54) is 37.3 Å². The molecule has 214 valence electrons. The minimum absolute atomic E-state index is 0.0114. The molecule has 0 bridgehead atoms. The number of rotatable bonds is 11. The summed E-state index contributed by atoms with van der Waals surface area (Å²) in [7, 11) is -1.26. The Bertz CT molecular complexity index is 1490. The molecule has 0 radical (unpaired) electrons. The van der Waals surface area contributed by atoms with Gasteiger partial charge in [-0.3, -0.25) is 13.9 Å². The minimum Gasteiger partial charge on any atom is -0.496 e. The van der Waals surface area contributed by atoms with Crippen molar-refractivity contribution in [2.24, 2.45) is 0 Å². The van der Waals surface area contributed by atoms with Crippen molar-refractivity contribution in [3.63, 3.8) is 0 Å². The molecule has 0 aliphatic heterocycles. The van der Waals surface area contributed by atoms with Crippen LogP contribution in [0.1, 0.15) is 24.5 Å². The van der Waals surface area contributed by atoms with E-state index in [4.69, 9.17) is 27.9 Å². The van der Waals surface area contributed by atoms with E-state index in [9.17, 15) is 18.0 Å². The van der Waals surface area contributed by atoms with Crippen molar-refractivity contribution >= 4 is 66.7 Å². The fourth-order valence-corrected chi connectivity index (χ4v) is 6.55. The number of nitrogens with one attached hydrogen (secondary N) is 1. The Morgan fingerprint density at radius 3 is 2.25 bits per heavy atom. The average Bonchev–Trinajstić information content (AvgIpc) is 2.93. The summed E-state index contributed by atoms with van der Waals surface area (Å²) >= 11 is 15.6. The van der Waals surface area contributed by atoms with Crippen LogP contribution in [-0.4, -0.2) is 51.9 Å². The molecule has 8 nitrogen and oxygen atoms in total. The Kier molecular flexibility index (Phi) is 10.9. The van der Waals surface area contributed by atoms with Crippen LogP contribution in [-0.2, 0) is 26.2 Å². The number of nitrogens with zero attached hydrogens (tertiary/aromatic N) is 2. The van der Waals surface area contributed by atoms with Gasteiger partial charge in [0.2, 0.25) is 11.8 Å². The summed E-state index contributed by atoms with van der Waals surface area (Å²) in [6.45, 7) is 3.11. The monoisotopic (exact) mass is 669 g/mol. The highest BCUT2D eigenvalue weighted by molar-refractivity contribution is 9.10. The number of anilines is 1.